The van der Waals surface area contributed by atoms with E-state index in [-0.39, 0.29) is 5.38 Å². The van der Waals surface area contributed by atoms with E-state index in [1.165, 1.54) is 44.1 Å². The Kier molecular flexibility index (Phi) is 4.08. The maximum absolute atomic E-state index is 6.56. The van der Waals surface area contributed by atoms with Gasteiger partial charge >= 0.3 is 0 Å². The summed E-state index contributed by atoms with van der Waals surface area (Å²) in [6, 6.07) is 10.5. The first kappa shape index (κ1) is 11.0. The standard InChI is InChI=1S/C14H19Cl/c15-14(13-10-6-3-7-11-13)12-8-4-1-2-5-9-12/h3,6-7,10-12,14H,1-2,4-5,8-9H2. The van der Waals surface area contributed by atoms with Crippen molar-refractivity contribution in [1.82, 2.24) is 0 Å². The molecular formula is C14H19Cl. The quantitative estimate of drug-likeness (QED) is 0.491. The molecule has 0 nitrogen and oxygen atoms in total. The molecule has 0 spiro atoms. The SMILES string of the molecule is ClC(c1ccccc1)C1CCCCCC1. The topological polar surface area (TPSA) is 0 Å². The van der Waals surface area contributed by atoms with Crippen LogP contribution >= 0.6 is 11.6 Å². The van der Waals surface area contributed by atoms with Crippen LogP contribution in [0.4, 0.5) is 0 Å². The van der Waals surface area contributed by atoms with Gasteiger partial charge in [0.1, 0.15) is 0 Å². The van der Waals surface area contributed by atoms with Gasteiger partial charge < -0.3 is 0 Å². The lowest BCUT2D eigenvalue weighted by Crippen LogP contribution is -2.06. The highest BCUT2D eigenvalue weighted by Gasteiger charge is 2.21. The van der Waals surface area contributed by atoms with E-state index < -0.39 is 0 Å². The van der Waals surface area contributed by atoms with Gasteiger partial charge in [-0.1, -0.05) is 56.0 Å². The van der Waals surface area contributed by atoms with Crippen molar-refractivity contribution < 1.29 is 0 Å². The van der Waals surface area contributed by atoms with Gasteiger partial charge in [-0.25, -0.2) is 0 Å². The zero-order valence-electron chi connectivity index (χ0n) is 9.16. The van der Waals surface area contributed by atoms with Gasteiger partial charge in [0.2, 0.25) is 0 Å². The summed E-state index contributed by atoms with van der Waals surface area (Å²) in [6.07, 6.45) is 8.14. The van der Waals surface area contributed by atoms with Gasteiger partial charge in [-0.15, -0.1) is 11.6 Å². The second-order valence-electron chi connectivity index (χ2n) is 4.56. The molecule has 0 N–H and O–H groups in total. The average molecular weight is 223 g/mol. The first-order chi connectivity index (χ1) is 7.38. The first-order valence-corrected chi connectivity index (χ1v) is 6.50. The van der Waals surface area contributed by atoms with Gasteiger partial charge in [-0.05, 0) is 24.3 Å². The van der Waals surface area contributed by atoms with Gasteiger partial charge in [-0.3, -0.25) is 0 Å². The fraction of sp³-hybridized carbons (Fsp3) is 0.571. The van der Waals surface area contributed by atoms with Crippen LogP contribution in [-0.4, -0.2) is 0 Å². The molecule has 1 atom stereocenters. The lowest BCUT2D eigenvalue weighted by Gasteiger charge is -2.20. The van der Waals surface area contributed by atoms with E-state index in [0.29, 0.717) is 5.92 Å². The highest BCUT2D eigenvalue weighted by molar-refractivity contribution is 6.21. The molecule has 1 saturated carbocycles. The van der Waals surface area contributed by atoms with E-state index in [1.54, 1.807) is 0 Å². The zero-order valence-corrected chi connectivity index (χ0v) is 9.92. The fourth-order valence-corrected chi connectivity index (χ4v) is 2.91. The van der Waals surface area contributed by atoms with Crippen molar-refractivity contribution in [2.75, 3.05) is 0 Å². The molecule has 82 valence electrons. The molecule has 0 bridgehead atoms. The largest absolute Gasteiger partial charge is 0.118 e. The summed E-state index contributed by atoms with van der Waals surface area (Å²) in [7, 11) is 0. The summed E-state index contributed by atoms with van der Waals surface area (Å²) in [5.41, 5.74) is 1.30. The van der Waals surface area contributed by atoms with E-state index in [9.17, 15) is 0 Å². The summed E-state index contributed by atoms with van der Waals surface area (Å²) < 4.78 is 0. The normalized spacial score (nSPS) is 20.9. The minimum atomic E-state index is 0.226. The van der Waals surface area contributed by atoms with Crippen LogP contribution in [0.15, 0.2) is 30.3 Å². The Labute approximate surface area is 97.6 Å². The number of rotatable bonds is 2. The number of hydrogen-bond acceptors (Lipinski definition) is 0. The zero-order chi connectivity index (χ0) is 10.5. The number of hydrogen-bond donors (Lipinski definition) is 0. The van der Waals surface area contributed by atoms with Crippen LogP contribution in [0.3, 0.4) is 0 Å². The van der Waals surface area contributed by atoms with Gasteiger partial charge in [0.15, 0.2) is 0 Å². The Morgan fingerprint density at radius 2 is 1.53 bits per heavy atom. The third-order valence-electron chi connectivity index (χ3n) is 3.43. The van der Waals surface area contributed by atoms with Crippen molar-refractivity contribution in [3.63, 3.8) is 0 Å². The van der Waals surface area contributed by atoms with Gasteiger partial charge in [0.05, 0.1) is 5.38 Å². The highest BCUT2D eigenvalue weighted by Crippen LogP contribution is 2.37. The fourth-order valence-electron chi connectivity index (χ4n) is 2.51. The molecule has 1 aliphatic rings. The van der Waals surface area contributed by atoms with E-state index in [2.05, 4.69) is 30.3 Å². The molecule has 15 heavy (non-hydrogen) atoms. The Morgan fingerprint density at radius 3 is 2.13 bits per heavy atom. The number of alkyl halides is 1. The molecule has 1 aliphatic carbocycles. The molecule has 1 unspecified atom stereocenters. The number of benzene rings is 1. The molecule has 1 aromatic carbocycles. The second-order valence-corrected chi connectivity index (χ2v) is 5.03. The molecule has 0 saturated heterocycles. The van der Waals surface area contributed by atoms with Crippen molar-refractivity contribution >= 4 is 11.6 Å². The van der Waals surface area contributed by atoms with Crippen LogP contribution < -0.4 is 0 Å². The van der Waals surface area contributed by atoms with Gasteiger partial charge in [0.25, 0.3) is 0 Å². The van der Waals surface area contributed by atoms with Crippen molar-refractivity contribution in [1.29, 1.82) is 0 Å². The smallest absolute Gasteiger partial charge is 0.0613 e. The van der Waals surface area contributed by atoms with Crippen LogP contribution in [0, 0.1) is 5.92 Å². The van der Waals surface area contributed by atoms with Crippen LogP contribution in [0.25, 0.3) is 0 Å². The summed E-state index contributed by atoms with van der Waals surface area (Å²) in [6.45, 7) is 0. The monoisotopic (exact) mass is 222 g/mol. The maximum Gasteiger partial charge on any atom is 0.0613 e. The predicted molar refractivity (Wildman–Crippen MR) is 66.2 cm³/mol. The predicted octanol–water partition coefficient (Wildman–Crippen LogP) is 4.94. The summed E-state index contributed by atoms with van der Waals surface area (Å²) >= 11 is 6.56. The highest BCUT2D eigenvalue weighted by atomic mass is 35.5. The van der Waals surface area contributed by atoms with Crippen molar-refractivity contribution in [2.24, 2.45) is 5.92 Å². The minimum Gasteiger partial charge on any atom is -0.118 e. The van der Waals surface area contributed by atoms with Crippen molar-refractivity contribution in [2.45, 2.75) is 43.9 Å². The molecule has 1 heteroatoms. The lowest BCUT2D eigenvalue weighted by molar-refractivity contribution is 0.445. The van der Waals surface area contributed by atoms with E-state index in [0.717, 1.165) is 0 Å². The van der Waals surface area contributed by atoms with Crippen LogP contribution in [0.1, 0.15) is 49.5 Å². The van der Waals surface area contributed by atoms with E-state index >= 15 is 0 Å². The molecule has 0 aliphatic heterocycles. The summed E-state index contributed by atoms with van der Waals surface area (Å²) in [4.78, 5) is 0. The maximum atomic E-state index is 6.56. The van der Waals surface area contributed by atoms with E-state index in [1.807, 2.05) is 0 Å². The molecular weight excluding hydrogens is 204 g/mol. The third kappa shape index (κ3) is 2.98. The van der Waals surface area contributed by atoms with Gasteiger partial charge in [0, 0.05) is 0 Å². The average Bonchev–Trinajstić information content (AvgIpc) is 2.58. The molecule has 0 radical (unpaired) electrons. The molecule has 0 amide bonds. The molecule has 0 aromatic heterocycles. The van der Waals surface area contributed by atoms with Crippen molar-refractivity contribution in [3.8, 4) is 0 Å². The lowest BCUT2D eigenvalue weighted by atomic mass is 9.92. The first-order valence-electron chi connectivity index (χ1n) is 6.07. The Morgan fingerprint density at radius 1 is 0.933 bits per heavy atom. The third-order valence-corrected chi connectivity index (χ3v) is 4.04. The van der Waals surface area contributed by atoms with E-state index in [4.69, 9.17) is 11.6 Å². The molecule has 2 rings (SSSR count). The second kappa shape index (κ2) is 5.55. The van der Waals surface area contributed by atoms with Gasteiger partial charge in [-0.2, -0.15) is 0 Å². The molecule has 1 aromatic rings. The van der Waals surface area contributed by atoms with Crippen LogP contribution in [-0.2, 0) is 0 Å². The van der Waals surface area contributed by atoms with Crippen LogP contribution in [0.2, 0.25) is 0 Å². The van der Waals surface area contributed by atoms with Crippen molar-refractivity contribution in [3.05, 3.63) is 35.9 Å². The summed E-state index contributed by atoms with van der Waals surface area (Å²) in [5, 5.41) is 0.226. The Hall–Kier alpha value is -0.490. The number of halogens is 1. The Balaban J connectivity index is 2.03. The Bertz CT molecular complexity index is 273. The minimum absolute atomic E-state index is 0.226. The molecule has 1 fully saturated rings. The summed E-state index contributed by atoms with van der Waals surface area (Å²) in [5.74, 6) is 0.691. The molecule has 0 heterocycles. The van der Waals surface area contributed by atoms with Crippen LogP contribution in [0.5, 0.6) is 0 Å².